The number of likely N-dealkylation sites (tertiary alicyclic amines) is 1. The summed E-state index contributed by atoms with van der Waals surface area (Å²) in [6.45, 7) is 4.83. The molecule has 0 amide bonds. The van der Waals surface area contributed by atoms with Gasteiger partial charge in [0.05, 0.1) is 13.7 Å². The first-order valence-electron chi connectivity index (χ1n) is 8.10. The highest BCUT2D eigenvalue weighted by atomic mass is 16.5. The van der Waals surface area contributed by atoms with Crippen molar-refractivity contribution < 1.29 is 9.26 Å². The Morgan fingerprint density at radius 3 is 2.87 bits per heavy atom. The summed E-state index contributed by atoms with van der Waals surface area (Å²) in [4.78, 5) is 6.86. The number of ether oxygens (including phenoxy) is 1. The molecule has 23 heavy (non-hydrogen) atoms. The molecule has 1 aliphatic heterocycles. The Bertz CT molecular complexity index is 624. The number of rotatable bonds is 5. The number of hydrogen-bond donors (Lipinski definition) is 1. The first kappa shape index (κ1) is 16.0. The predicted molar refractivity (Wildman–Crippen MR) is 87.9 cm³/mol. The zero-order valence-corrected chi connectivity index (χ0v) is 13.7. The molecule has 124 valence electrons. The van der Waals surface area contributed by atoms with Gasteiger partial charge in [-0.3, -0.25) is 4.90 Å². The third-order valence-electron chi connectivity index (χ3n) is 4.46. The Hall–Kier alpha value is -1.92. The lowest BCUT2D eigenvalue weighted by Crippen LogP contribution is -2.41. The summed E-state index contributed by atoms with van der Waals surface area (Å²) in [5.74, 6) is 2.63. The van der Waals surface area contributed by atoms with E-state index in [1.165, 1.54) is 12.8 Å². The van der Waals surface area contributed by atoms with E-state index < -0.39 is 0 Å². The number of aromatic nitrogens is 2. The van der Waals surface area contributed by atoms with Crippen molar-refractivity contribution in [3.8, 4) is 17.1 Å². The van der Waals surface area contributed by atoms with Crippen molar-refractivity contribution in [2.24, 2.45) is 11.7 Å². The van der Waals surface area contributed by atoms with Gasteiger partial charge in [-0.25, -0.2) is 0 Å². The van der Waals surface area contributed by atoms with Crippen molar-refractivity contribution in [2.45, 2.75) is 32.4 Å². The molecule has 2 atom stereocenters. The fourth-order valence-electron chi connectivity index (χ4n) is 3.03. The van der Waals surface area contributed by atoms with Crippen molar-refractivity contribution in [2.75, 3.05) is 20.2 Å². The van der Waals surface area contributed by atoms with Gasteiger partial charge in [-0.2, -0.15) is 4.98 Å². The number of benzene rings is 1. The molecule has 2 unspecified atom stereocenters. The van der Waals surface area contributed by atoms with Crippen LogP contribution in [-0.2, 0) is 6.54 Å². The molecule has 1 aromatic heterocycles. The molecular weight excluding hydrogens is 292 g/mol. The SMILES string of the molecule is COc1ccc(-c2noc(CN3CCCC(C(C)N)C3)n2)cc1. The zero-order chi connectivity index (χ0) is 16.2. The van der Waals surface area contributed by atoms with Gasteiger partial charge in [0.25, 0.3) is 0 Å². The molecule has 2 heterocycles. The van der Waals surface area contributed by atoms with E-state index in [-0.39, 0.29) is 6.04 Å². The molecule has 1 aromatic carbocycles. The summed E-state index contributed by atoms with van der Waals surface area (Å²) < 4.78 is 10.6. The maximum absolute atomic E-state index is 6.04. The zero-order valence-electron chi connectivity index (χ0n) is 13.7. The van der Waals surface area contributed by atoms with Gasteiger partial charge in [-0.1, -0.05) is 5.16 Å². The van der Waals surface area contributed by atoms with Gasteiger partial charge >= 0.3 is 0 Å². The summed E-state index contributed by atoms with van der Waals surface area (Å²) in [6.07, 6.45) is 2.38. The third kappa shape index (κ3) is 3.89. The fraction of sp³-hybridized carbons (Fsp3) is 0.529. The maximum atomic E-state index is 6.04. The van der Waals surface area contributed by atoms with Gasteiger partial charge in [-0.05, 0) is 56.5 Å². The van der Waals surface area contributed by atoms with Crippen LogP contribution in [0.25, 0.3) is 11.4 Å². The molecule has 2 aromatic rings. The molecule has 0 spiro atoms. The van der Waals surface area contributed by atoms with Gasteiger partial charge < -0.3 is 15.0 Å². The van der Waals surface area contributed by atoms with E-state index >= 15 is 0 Å². The third-order valence-corrected chi connectivity index (χ3v) is 4.46. The van der Waals surface area contributed by atoms with Gasteiger partial charge in [0, 0.05) is 18.2 Å². The van der Waals surface area contributed by atoms with Crippen molar-refractivity contribution in [1.29, 1.82) is 0 Å². The van der Waals surface area contributed by atoms with E-state index in [1.807, 2.05) is 24.3 Å². The molecule has 3 rings (SSSR count). The molecule has 0 aliphatic carbocycles. The lowest BCUT2D eigenvalue weighted by molar-refractivity contribution is 0.139. The average molecular weight is 316 g/mol. The van der Waals surface area contributed by atoms with Crippen LogP contribution in [0, 0.1) is 5.92 Å². The second-order valence-corrected chi connectivity index (χ2v) is 6.24. The Balaban J connectivity index is 1.64. The fourth-order valence-corrected chi connectivity index (χ4v) is 3.03. The van der Waals surface area contributed by atoms with E-state index in [9.17, 15) is 0 Å². The van der Waals surface area contributed by atoms with Gasteiger partial charge in [0.15, 0.2) is 0 Å². The van der Waals surface area contributed by atoms with Crippen LogP contribution in [-0.4, -0.2) is 41.3 Å². The number of nitrogens with zero attached hydrogens (tertiary/aromatic N) is 3. The Kier molecular flexibility index (Phi) is 4.93. The summed E-state index contributed by atoms with van der Waals surface area (Å²) in [7, 11) is 1.65. The van der Waals surface area contributed by atoms with E-state index in [1.54, 1.807) is 7.11 Å². The largest absolute Gasteiger partial charge is 0.497 e. The molecule has 1 aliphatic rings. The van der Waals surface area contributed by atoms with Gasteiger partial charge in [0.1, 0.15) is 5.75 Å². The standard InChI is InChI=1S/C17H24N4O2/c1-12(18)14-4-3-9-21(10-14)11-16-19-17(20-23-16)13-5-7-15(22-2)8-6-13/h5-8,12,14H,3-4,9-11,18H2,1-2H3. The molecule has 0 saturated carbocycles. The number of piperidine rings is 1. The summed E-state index contributed by atoms with van der Waals surface area (Å²) in [5.41, 5.74) is 6.96. The topological polar surface area (TPSA) is 77.4 Å². The van der Waals surface area contributed by atoms with Gasteiger partial charge in [-0.15, -0.1) is 0 Å². The highest BCUT2D eigenvalue weighted by Crippen LogP contribution is 2.22. The van der Waals surface area contributed by atoms with Crippen LogP contribution in [0.2, 0.25) is 0 Å². The van der Waals surface area contributed by atoms with Crippen molar-refractivity contribution in [1.82, 2.24) is 15.0 Å². The highest BCUT2D eigenvalue weighted by Gasteiger charge is 2.24. The molecule has 6 nitrogen and oxygen atoms in total. The van der Waals surface area contributed by atoms with Gasteiger partial charge in [0.2, 0.25) is 11.7 Å². The van der Waals surface area contributed by atoms with E-state index in [0.717, 1.165) is 24.4 Å². The molecule has 0 radical (unpaired) electrons. The first-order valence-corrected chi connectivity index (χ1v) is 8.10. The molecular formula is C17H24N4O2. The Morgan fingerprint density at radius 1 is 1.39 bits per heavy atom. The smallest absolute Gasteiger partial charge is 0.241 e. The van der Waals surface area contributed by atoms with E-state index in [0.29, 0.717) is 24.2 Å². The number of methoxy groups -OCH3 is 1. The van der Waals surface area contributed by atoms with Crippen LogP contribution in [0.4, 0.5) is 0 Å². The second kappa shape index (κ2) is 7.10. The minimum absolute atomic E-state index is 0.232. The minimum Gasteiger partial charge on any atom is -0.497 e. The molecule has 6 heteroatoms. The predicted octanol–water partition coefficient (Wildman–Crippen LogP) is 2.30. The van der Waals surface area contributed by atoms with Crippen LogP contribution in [0.3, 0.4) is 0 Å². The van der Waals surface area contributed by atoms with E-state index in [4.69, 9.17) is 15.0 Å². The Labute approximate surface area is 136 Å². The highest BCUT2D eigenvalue weighted by molar-refractivity contribution is 5.55. The molecule has 0 bridgehead atoms. The summed E-state index contributed by atoms with van der Waals surface area (Å²) >= 11 is 0. The van der Waals surface area contributed by atoms with Crippen molar-refractivity contribution in [3.05, 3.63) is 30.2 Å². The van der Waals surface area contributed by atoms with E-state index in [2.05, 4.69) is 22.0 Å². The van der Waals surface area contributed by atoms with Crippen molar-refractivity contribution >= 4 is 0 Å². The monoisotopic (exact) mass is 316 g/mol. The molecule has 2 N–H and O–H groups in total. The lowest BCUT2D eigenvalue weighted by Gasteiger charge is -2.33. The second-order valence-electron chi connectivity index (χ2n) is 6.24. The number of nitrogens with two attached hydrogens (primary N) is 1. The average Bonchev–Trinajstić information content (AvgIpc) is 3.03. The maximum Gasteiger partial charge on any atom is 0.241 e. The quantitative estimate of drug-likeness (QED) is 0.912. The minimum atomic E-state index is 0.232. The summed E-state index contributed by atoms with van der Waals surface area (Å²) in [6, 6.07) is 7.88. The van der Waals surface area contributed by atoms with Crippen LogP contribution < -0.4 is 10.5 Å². The molecule has 1 fully saturated rings. The lowest BCUT2D eigenvalue weighted by atomic mass is 9.92. The number of hydrogen-bond acceptors (Lipinski definition) is 6. The van der Waals surface area contributed by atoms with Crippen LogP contribution in [0.15, 0.2) is 28.8 Å². The van der Waals surface area contributed by atoms with Crippen LogP contribution in [0.1, 0.15) is 25.7 Å². The normalized spacial score (nSPS) is 20.4. The van der Waals surface area contributed by atoms with Crippen LogP contribution in [0.5, 0.6) is 5.75 Å². The van der Waals surface area contributed by atoms with Crippen molar-refractivity contribution in [3.63, 3.8) is 0 Å². The van der Waals surface area contributed by atoms with Crippen LogP contribution >= 0.6 is 0 Å². The Morgan fingerprint density at radius 2 is 2.17 bits per heavy atom. The first-order chi connectivity index (χ1) is 11.2. The summed E-state index contributed by atoms with van der Waals surface area (Å²) in [5, 5.41) is 4.08. The molecule has 1 saturated heterocycles.